The van der Waals surface area contributed by atoms with E-state index in [4.69, 9.17) is 23.7 Å². The van der Waals surface area contributed by atoms with Gasteiger partial charge >= 0.3 is 5.97 Å². The minimum atomic E-state index is -0.986. The second-order valence-corrected chi connectivity index (χ2v) is 11.2. The second-order valence-electron chi connectivity index (χ2n) is 11.2. The third-order valence-electron chi connectivity index (χ3n) is 7.72. The van der Waals surface area contributed by atoms with Gasteiger partial charge in [-0.3, -0.25) is 0 Å². The zero-order valence-corrected chi connectivity index (χ0v) is 23.0. The molecule has 0 amide bonds. The minimum Gasteiger partial charge on any atom is -0.456 e. The van der Waals surface area contributed by atoms with Crippen molar-refractivity contribution in [2.75, 3.05) is 13.7 Å². The number of cyclic esters (lactones) is 1. The predicted molar refractivity (Wildman–Crippen MR) is 146 cm³/mol. The Morgan fingerprint density at radius 3 is 2.79 bits per heavy atom. The molecule has 210 valence electrons. The zero-order valence-electron chi connectivity index (χ0n) is 23.0. The van der Waals surface area contributed by atoms with Gasteiger partial charge in [0.25, 0.3) is 0 Å². The van der Waals surface area contributed by atoms with Gasteiger partial charge < -0.3 is 28.8 Å². The SMILES string of the molecule is C=C1CC(C)CC2CC=CC(C/C=C\C(=O)OC(C(O)C=CC3CC(C)=CCO3)CC3OC3C(OC)C1)O2. The number of rotatable bonds is 4. The molecule has 7 nitrogen and oxygen atoms in total. The molecule has 4 rings (SSSR count). The molecule has 7 heteroatoms. The maximum atomic E-state index is 12.7. The topological polar surface area (TPSA) is 86.8 Å². The number of esters is 1. The first-order chi connectivity index (χ1) is 18.3. The number of carbonyl (C=O) groups excluding carboxylic acids is 1. The molecule has 4 heterocycles. The third kappa shape index (κ3) is 8.75. The summed E-state index contributed by atoms with van der Waals surface area (Å²) in [7, 11) is 1.69. The Balaban J connectivity index is 1.46. The standard InChI is InChI=1S/C31H44O7/c1-20-13-14-35-24(16-20)11-12-26(32)27-19-29-31(38-29)28(34-4)18-22(3)15-21(2)17-25-9-5-7-23(36-25)8-6-10-30(33)37-27/h5-7,10-13,21,23-29,31-32H,3,8-9,14-19H2,1-2,4H3/b10-6-,12-11?. The smallest absolute Gasteiger partial charge is 0.330 e. The Morgan fingerprint density at radius 1 is 1.16 bits per heavy atom. The van der Waals surface area contributed by atoms with Crippen molar-refractivity contribution in [1.29, 1.82) is 0 Å². The lowest BCUT2D eigenvalue weighted by Crippen LogP contribution is -2.33. The highest BCUT2D eigenvalue weighted by Crippen LogP contribution is 2.36. The monoisotopic (exact) mass is 528 g/mol. The molecule has 4 aliphatic heterocycles. The first-order valence-corrected chi connectivity index (χ1v) is 14.0. The molecule has 0 saturated carbocycles. The molecular weight excluding hydrogens is 484 g/mol. The summed E-state index contributed by atoms with van der Waals surface area (Å²) in [6.45, 7) is 9.19. The molecule has 0 spiro atoms. The Kier molecular flexibility index (Phi) is 10.6. The average molecular weight is 529 g/mol. The van der Waals surface area contributed by atoms with Gasteiger partial charge in [-0.05, 0) is 51.4 Å². The van der Waals surface area contributed by atoms with Crippen LogP contribution >= 0.6 is 0 Å². The van der Waals surface area contributed by atoms with Crippen molar-refractivity contribution in [3.63, 3.8) is 0 Å². The van der Waals surface area contributed by atoms with Gasteiger partial charge in [0.05, 0.1) is 37.1 Å². The third-order valence-corrected chi connectivity index (χ3v) is 7.72. The molecule has 9 atom stereocenters. The van der Waals surface area contributed by atoms with Crippen molar-refractivity contribution in [1.82, 2.24) is 0 Å². The number of ether oxygens (including phenoxy) is 5. The predicted octanol–water partition coefficient (Wildman–Crippen LogP) is 4.76. The van der Waals surface area contributed by atoms with Crippen LogP contribution in [-0.4, -0.2) is 73.6 Å². The van der Waals surface area contributed by atoms with Crippen molar-refractivity contribution in [3.8, 4) is 0 Å². The van der Waals surface area contributed by atoms with Crippen LogP contribution in [0.25, 0.3) is 0 Å². The van der Waals surface area contributed by atoms with Crippen LogP contribution in [0.4, 0.5) is 0 Å². The van der Waals surface area contributed by atoms with E-state index in [9.17, 15) is 9.90 Å². The summed E-state index contributed by atoms with van der Waals surface area (Å²) in [5.74, 6) is -0.0497. The van der Waals surface area contributed by atoms with Gasteiger partial charge in [0.2, 0.25) is 0 Å². The fourth-order valence-electron chi connectivity index (χ4n) is 5.65. The van der Waals surface area contributed by atoms with Gasteiger partial charge in [-0.2, -0.15) is 0 Å². The lowest BCUT2D eigenvalue weighted by molar-refractivity contribution is -0.148. The summed E-state index contributed by atoms with van der Waals surface area (Å²) in [6, 6.07) is 0. The van der Waals surface area contributed by atoms with Crippen molar-refractivity contribution in [3.05, 3.63) is 60.3 Å². The molecule has 0 radical (unpaired) electrons. The number of aliphatic hydroxyl groups is 1. The molecular formula is C31H44O7. The molecule has 0 aromatic heterocycles. The van der Waals surface area contributed by atoms with Gasteiger partial charge in [-0.1, -0.05) is 61.1 Å². The van der Waals surface area contributed by atoms with E-state index in [2.05, 4.69) is 38.7 Å². The summed E-state index contributed by atoms with van der Waals surface area (Å²) in [6.07, 6.45) is 16.1. The highest BCUT2D eigenvalue weighted by Gasteiger charge is 2.47. The first-order valence-electron chi connectivity index (χ1n) is 14.0. The van der Waals surface area contributed by atoms with Gasteiger partial charge in [0.15, 0.2) is 0 Å². The number of methoxy groups -OCH3 is 1. The van der Waals surface area contributed by atoms with Crippen LogP contribution in [0.15, 0.2) is 60.3 Å². The molecule has 9 unspecified atom stereocenters. The van der Waals surface area contributed by atoms with E-state index >= 15 is 0 Å². The molecule has 0 aromatic carbocycles. The second kappa shape index (κ2) is 13.9. The number of epoxide rings is 1. The maximum absolute atomic E-state index is 12.7. The first kappa shape index (κ1) is 29.0. The Labute approximate surface area is 227 Å². The molecule has 38 heavy (non-hydrogen) atoms. The fraction of sp³-hybridized carbons (Fsp3) is 0.645. The highest BCUT2D eigenvalue weighted by molar-refractivity contribution is 5.82. The van der Waals surface area contributed by atoms with Crippen LogP contribution in [0, 0.1) is 5.92 Å². The van der Waals surface area contributed by atoms with Crippen LogP contribution in [-0.2, 0) is 28.5 Å². The lowest BCUT2D eigenvalue weighted by atomic mass is 9.90. The van der Waals surface area contributed by atoms with Gasteiger partial charge in [0.1, 0.15) is 18.3 Å². The van der Waals surface area contributed by atoms with Crippen LogP contribution in [0.3, 0.4) is 0 Å². The molecule has 2 bridgehead atoms. The van der Waals surface area contributed by atoms with Crippen molar-refractivity contribution in [2.45, 2.75) is 108 Å². The molecule has 1 saturated heterocycles. The number of fused-ring (bicyclic) bond motifs is 3. The van der Waals surface area contributed by atoms with E-state index in [1.54, 1.807) is 19.3 Å². The summed E-state index contributed by atoms with van der Waals surface area (Å²) in [5.41, 5.74) is 2.39. The van der Waals surface area contributed by atoms with Crippen molar-refractivity contribution >= 4 is 5.97 Å². The zero-order chi connectivity index (χ0) is 27.1. The van der Waals surface area contributed by atoms with E-state index in [0.29, 0.717) is 31.8 Å². The number of aliphatic hydroxyl groups excluding tert-OH is 1. The van der Waals surface area contributed by atoms with E-state index < -0.39 is 18.2 Å². The number of hydrogen-bond acceptors (Lipinski definition) is 7. The van der Waals surface area contributed by atoms with Crippen LogP contribution < -0.4 is 0 Å². The Hall–Kier alpha value is -2.03. The molecule has 0 aromatic rings. The summed E-state index contributed by atoms with van der Waals surface area (Å²) in [5, 5.41) is 11.0. The summed E-state index contributed by atoms with van der Waals surface area (Å²) in [4.78, 5) is 12.7. The van der Waals surface area contributed by atoms with Gasteiger partial charge in [0, 0.05) is 19.6 Å². The normalized spacial score (nSPS) is 38.9. The fourth-order valence-corrected chi connectivity index (χ4v) is 5.65. The number of hydrogen-bond donors (Lipinski definition) is 1. The largest absolute Gasteiger partial charge is 0.456 e. The van der Waals surface area contributed by atoms with Crippen LogP contribution in [0.5, 0.6) is 0 Å². The highest BCUT2D eigenvalue weighted by atomic mass is 16.6. The van der Waals surface area contributed by atoms with E-state index in [0.717, 1.165) is 31.3 Å². The van der Waals surface area contributed by atoms with Crippen molar-refractivity contribution in [2.24, 2.45) is 5.92 Å². The quantitative estimate of drug-likeness (QED) is 0.320. The van der Waals surface area contributed by atoms with E-state index in [-0.39, 0.29) is 36.6 Å². The van der Waals surface area contributed by atoms with Crippen LogP contribution in [0.2, 0.25) is 0 Å². The van der Waals surface area contributed by atoms with Gasteiger partial charge in [-0.25, -0.2) is 4.79 Å². The lowest BCUT2D eigenvalue weighted by Gasteiger charge is -2.28. The maximum Gasteiger partial charge on any atom is 0.330 e. The molecule has 1 fully saturated rings. The Bertz CT molecular complexity index is 935. The minimum absolute atomic E-state index is 0.0668. The molecule has 0 aliphatic carbocycles. The van der Waals surface area contributed by atoms with Crippen LogP contribution in [0.1, 0.15) is 58.8 Å². The Morgan fingerprint density at radius 2 is 2.00 bits per heavy atom. The van der Waals surface area contributed by atoms with E-state index in [1.807, 2.05) is 6.08 Å². The van der Waals surface area contributed by atoms with Crippen molar-refractivity contribution < 1.29 is 33.6 Å². The summed E-state index contributed by atoms with van der Waals surface area (Å²) < 4.78 is 29.5. The molecule has 4 aliphatic rings. The van der Waals surface area contributed by atoms with Gasteiger partial charge in [-0.15, -0.1) is 0 Å². The summed E-state index contributed by atoms with van der Waals surface area (Å²) >= 11 is 0. The molecule has 1 N–H and O–H groups in total. The number of carbonyl (C=O) groups is 1. The average Bonchev–Trinajstić information content (AvgIpc) is 3.64. The van der Waals surface area contributed by atoms with E-state index in [1.165, 1.54) is 11.6 Å².